The summed E-state index contributed by atoms with van der Waals surface area (Å²) in [6.45, 7) is 1.57. The molecule has 1 rings (SSSR count). The third kappa shape index (κ3) is 2.92. The van der Waals surface area contributed by atoms with E-state index in [0.717, 1.165) is 0 Å². The molecule has 3 nitrogen and oxygen atoms in total. The van der Waals surface area contributed by atoms with Gasteiger partial charge >= 0.3 is 5.97 Å². The first-order valence-corrected chi connectivity index (χ1v) is 4.12. The monoisotopic (exact) mass is 190 g/mol. The minimum Gasteiger partial charge on any atom is -0.478 e. The Morgan fingerprint density at radius 1 is 1.36 bits per heavy atom. The van der Waals surface area contributed by atoms with Gasteiger partial charge in [-0.1, -0.05) is 11.8 Å². The van der Waals surface area contributed by atoms with Gasteiger partial charge in [0.25, 0.3) is 0 Å². The Hall–Kier alpha value is -1.79. The van der Waals surface area contributed by atoms with Crippen molar-refractivity contribution in [3.63, 3.8) is 0 Å². The molecule has 1 atom stereocenters. The Morgan fingerprint density at radius 2 is 1.93 bits per heavy atom. The van der Waals surface area contributed by atoms with Crippen LogP contribution in [0, 0.1) is 11.8 Å². The van der Waals surface area contributed by atoms with E-state index in [1.807, 2.05) is 0 Å². The second-order valence-corrected chi connectivity index (χ2v) is 2.83. The van der Waals surface area contributed by atoms with Crippen LogP contribution < -0.4 is 0 Å². The molecule has 0 bridgehead atoms. The van der Waals surface area contributed by atoms with Gasteiger partial charge in [0.15, 0.2) is 0 Å². The van der Waals surface area contributed by atoms with Crippen molar-refractivity contribution in [3.05, 3.63) is 35.4 Å². The summed E-state index contributed by atoms with van der Waals surface area (Å²) in [5.41, 5.74) is 0.920. The fraction of sp³-hybridized carbons (Fsp3) is 0.182. The zero-order chi connectivity index (χ0) is 10.6. The molecule has 0 heterocycles. The van der Waals surface area contributed by atoms with Gasteiger partial charge < -0.3 is 10.2 Å². The minimum absolute atomic E-state index is 0.229. The van der Waals surface area contributed by atoms with E-state index in [9.17, 15) is 4.79 Å². The van der Waals surface area contributed by atoms with Crippen molar-refractivity contribution in [3.8, 4) is 11.8 Å². The van der Waals surface area contributed by atoms with Gasteiger partial charge in [-0.15, -0.1) is 0 Å². The smallest absolute Gasteiger partial charge is 0.335 e. The number of aliphatic hydroxyl groups is 1. The predicted molar refractivity (Wildman–Crippen MR) is 52.0 cm³/mol. The highest BCUT2D eigenvalue weighted by Gasteiger charge is 1.99. The molecule has 14 heavy (non-hydrogen) atoms. The van der Waals surface area contributed by atoms with Crippen molar-refractivity contribution < 1.29 is 15.0 Å². The Morgan fingerprint density at radius 3 is 2.36 bits per heavy atom. The molecule has 1 unspecified atom stereocenters. The number of carbonyl (C=O) groups is 1. The maximum Gasteiger partial charge on any atom is 0.335 e. The van der Waals surface area contributed by atoms with Crippen molar-refractivity contribution in [2.24, 2.45) is 0 Å². The van der Waals surface area contributed by atoms with Crippen LogP contribution in [0.15, 0.2) is 24.3 Å². The third-order valence-corrected chi connectivity index (χ3v) is 1.56. The summed E-state index contributed by atoms with van der Waals surface area (Å²) in [7, 11) is 0. The van der Waals surface area contributed by atoms with E-state index >= 15 is 0 Å². The van der Waals surface area contributed by atoms with Crippen molar-refractivity contribution >= 4 is 5.97 Å². The summed E-state index contributed by atoms with van der Waals surface area (Å²) in [6, 6.07) is 6.18. The molecule has 0 saturated heterocycles. The van der Waals surface area contributed by atoms with Crippen molar-refractivity contribution in [2.45, 2.75) is 13.0 Å². The normalized spacial score (nSPS) is 11.3. The van der Waals surface area contributed by atoms with Crippen LogP contribution in [-0.4, -0.2) is 22.3 Å². The first-order chi connectivity index (χ1) is 6.59. The molecule has 0 aromatic heterocycles. The van der Waals surface area contributed by atoms with E-state index in [4.69, 9.17) is 10.2 Å². The molecular formula is C11H10O3. The number of carboxylic acids is 1. The lowest BCUT2D eigenvalue weighted by Crippen LogP contribution is -1.95. The van der Waals surface area contributed by atoms with E-state index in [1.54, 1.807) is 19.1 Å². The van der Waals surface area contributed by atoms with Gasteiger partial charge in [0.1, 0.15) is 6.10 Å². The van der Waals surface area contributed by atoms with E-state index in [1.165, 1.54) is 12.1 Å². The van der Waals surface area contributed by atoms with Crippen LogP contribution in [0.1, 0.15) is 22.8 Å². The minimum atomic E-state index is -0.958. The number of benzene rings is 1. The topological polar surface area (TPSA) is 57.5 Å². The summed E-state index contributed by atoms with van der Waals surface area (Å²) < 4.78 is 0. The average Bonchev–Trinajstić information content (AvgIpc) is 2.15. The van der Waals surface area contributed by atoms with Gasteiger partial charge in [0.05, 0.1) is 5.56 Å². The van der Waals surface area contributed by atoms with Crippen LogP contribution in [0.25, 0.3) is 0 Å². The van der Waals surface area contributed by atoms with Gasteiger partial charge in [-0.3, -0.25) is 0 Å². The molecule has 72 valence electrons. The first kappa shape index (κ1) is 10.3. The Labute approximate surface area is 82.0 Å². The van der Waals surface area contributed by atoms with Crippen LogP contribution in [0.5, 0.6) is 0 Å². The van der Waals surface area contributed by atoms with Gasteiger partial charge in [0.2, 0.25) is 0 Å². The molecule has 0 aliphatic rings. The first-order valence-electron chi connectivity index (χ1n) is 4.12. The van der Waals surface area contributed by atoms with E-state index in [0.29, 0.717) is 5.56 Å². The molecule has 0 radical (unpaired) electrons. The fourth-order valence-corrected chi connectivity index (χ4v) is 0.884. The second-order valence-electron chi connectivity index (χ2n) is 2.83. The lowest BCUT2D eigenvalue weighted by Gasteiger charge is -1.94. The highest BCUT2D eigenvalue weighted by molar-refractivity contribution is 5.87. The molecule has 3 heteroatoms. The number of aliphatic hydroxyl groups excluding tert-OH is 1. The number of aromatic carboxylic acids is 1. The lowest BCUT2D eigenvalue weighted by molar-refractivity contribution is 0.0697. The maximum absolute atomic E-state index is 10.5. The zero-order valence-corrected chi connectivity index (χ0v) is 7.69. The molecule has 0 aliphatic heterocycles. The van der Waals surface area contributed by atoms with Gasteiger partial charge in [0, 0.05) is 5.56 Å². The van der Waals surface area contributed by atoms with Crippen LogP contribution in [0.2, 0.25) is 0 Å². The quantitative estimate of drug-likeness (QED) is 0.652. The van der Waals surface area contributed by atoms with Crippen molar-refractivity contribution in [1.29, 1.82) is 0 Å². The predicted octanol–water partition coefficient (Wildman–Crippen LogP) is 1.12. The summed E-state index contributed by atoms with van der Waals surface area (Å²) in [6.07, 6.45) is -0.672. The van der Waals surface area contributed by atoms with E-state index in [2.05, 4.69) is 11.8 Å². The van der Waals surface area contributed by atoms with Crippen LogP contribution >= 0.6 is 0 Å². The van der Waals surface area contributed by atoms with E-state index in [-0.39, 0.29) is 5.56 Å². The highest BCUT2D eigenvalue weighted by Crippen LogP contribution is 2.02. The van der Waals surface area contributed by atoms with Gasteiger partial charge in [-0.25, -0.2) is 4.79 Å². The highest BCUT2D eigenvalue weighted by atomic mass is 16.4. The zero-order valence-electron chi connectivity index (χ0n) is 7.69. The summed E-state index contributed by atoms with van der Waals surface area (Å²) in [4.78, 5) is 10.5. The van der Waals surface area contributed by atoms with Crippen molar-refractivity contribution in [1.82, 2.24) is 0 Å². The fourth-order valence-electron chi connectivity index (χ4n) is 0.884. The van der Waals surface area contributed by atoms with Gasteiger partial charge in [-0.05, 0) is 31.2 Å². The van der Waals surface area contributed by atoms with Crippen molar-refractivity contribution in [2.75, 3.05) is 0 Å². The third-order valence-electron chi connectivity index (χ3n) is 1.56. The molecule has 0 amide bonds. The summed E-state index contributed by atoms with van der Waals surface area (Å²) in [5, 5.41) is 17.5. The molecule has 1 aromatic carbocycles. The summed E-state index contributed by atoms with van der Waals surface area (Å²) in [5.74, 6) is 4.33. The number of rotatable bonds is 1. The largest absolute Gasteiger partial charge is 0.478 e. The maximum atomic E-state index is 10.5. The standard InChI is InChI=1S/C11H10O3/c1-8(12)2-3-9-4-6-10(7-5-9)11(13)14/h4-8,12H,1H3,(H,13,14). The number of hydrogen-bond acceptors (Lipinski definition) is 2. The molecule has 0 fully saturated rings. The Balaban J connectivity index is 2.85. The number of hydrogen-bond donors (Lipinski definition) is 2. The molecular weight excluding hydrogens is 180 g/mol. The Bertz CT molecular complexity index is 379. The number of carboxylic acid groups (broad SMARTS) is 1. The second kappa shape index (κ2) is 4.45. The Kier molecular flexibility index (Phi) is 3.27. The molecule has 2 N–H and O–H groups in total. The van der Waals surface area contributed by atoms with Crippen LogP contribution in [0.4, 0.5) is 0 Å². The van der Waals surface area contributed by atoms with Gasteiger partial charge in [-0.2, -0.15) is 0 Å². The van der Waals surface area contributed by atoms with Crippen LogP contribution in [-0.2, 0) is 0 Å². The average molecular weight is 190 g/mol. The van der Waals surface area contributed by atoms with Crippen LogP contribution in [0.3, 0.4) is 0 Å². The lowest BCUT2D eigenvalue weighted by atomic mass is 10.1. The molecule has 0 aliphatic carbocycles. The SMILES string of the molecule is CC(O)C#Cc1ccc(C(=O)O)cc1. The molecule has 1 aromatic rings. The molecule has 0 saturated carbocycles. The molecule has 0 spiro atoms. The van der Waals surface area contributed by atoms with E-state index < -0.39 is 12.1 Å². The summed E-state index contributed by atoms with van der Waals surface area (Å²) >= 11 is 0.